The molecule has 1 nitrogen and oxygen atoms in total. The van der Waals surface area contributed by atoms with Crippen molar-refractivity contribution in [1.82, 2.24) is 5.32 Å². The summed E-state index contributed by atoms with van der Waals surface area (Å²) in [5.41, 5.74) is 2.54. The summed E-state index contributed by atoms with van der Waals surface area (Å²) < 4.78 is 0. The number of likely N-dealkylation sites (N-methyl/N-ethyl adjacent to an activating group) is 1. The van der Waals surface area contributed by atoms with Gasteiger partial charge in [0.1, 0.15) is 0 Å². The predicted octanol–water partition coefficient (Wildman–Crippen LogP) is 3.24. The maximum absolute atomic E-state index is 3.33. The van der Waals surface area contributed by atoms with Crippen molar-refractivity contribution in [3.8, 4) is 11.8 Å². The molecule has 0 unspecified atom stereocenters. The van der Waals surface area contributed by atoms with Crippen molar-refractivity contribution in [2.24, 2.45) is 5.41 Å². The van der Waals surface area contributed by atoms with Crippen LogP contribution in [0.25, 0.3) is 0 Å². The average molecular weight is 229 g/mol. The lowest BCUT2D eigenvalue weighted by Gasteiger charge is -2.07. The summed E-state index contributed by atoms with van der Waals surface area (Å²) in [4.78, 5) is 0. The first-order valence-corrected chi connectivity index (χ1v) is 6.34. The highest BCUT2D eigenvalue weighted by Gasteiger charge is 2.03. The molecule has 0 saturated heterocycles. The van der Waals surface area contributed by atoms with Gasteiger partial charge in [0, 0.05) is 11.0 Å². The molecular formula is C16H23N. The molecule has 0 aliphatic rings. The SMILES string of the molecule is CCNCCc1ccc(C#CC(C)(C)C)cc1. The molecule has 0 radical (unpaired) electrons. The fraction of sp³-hybridized carbons (Fsp3) is 0.500. The molecule has 0 heterocycles. The van der Waals surface area contributed by atoms with E-state index in [1.54, 1.807) is 0 Å². The van der Waals surface area contributed by atoms with Gasteiger partial charge in [0.15, 0.2) is 0 Å². The van der Waals surface area contributed by atoms with Gasteiger partial charge in [0.25, 0.3) is 0 Å². The highest BCUT2D eigenvalue weighted by Crippen LogP contribution is 2.11. The van der Waals surface area contributed by atoms with Crippen molar-refractivity contribution in [3.63, 3.8) is 0 Å². The lowest BCUT2D eigenvalue weighted by molar-refractivity contribution is 0.571. The van der Waals surface area contributed by atoms with E-state index in [1.807, 2.05) is 0 Å². The molecule has 92 valence electrons. The van der Waals surface area contributed by atoms with Gasteiger partial charge in [-0.15, -0.1) is 0 Å². The maximum atomic E-state index is 3.33. The summed E-state index contributed by atoms with van der Waals surface area (Å²) in [7, 11) is 0. The fourth-order valence-corrected chi connectivity index (χ4v) is 1.42. The molecule has 0 atom stereocenters. The molecule has 1 N–H and O–H groups in total. The van der Waals surface area contributed by atoms with Gasteiger partial charge in [-0.1, -0.05) is 30.9 Å². The van der Waals surface area contributed by atoms with Crippen LogP contribution in [-0.4, -0.2) is 13.1 Å². The first-order chi connectivity index (χ1) is 8.01. The highest BCUT2D eigenvalue weighted by molar-refractivity contribution is 5.37. The van der Waals surface area contributed by atoms with Crippen LogP contribution in [0, 0.1) is 17.3 Å². The second-order valence-corrected chi connectivity index (χ2v) is 5.30. The minimum Gasteiger partial charge on any atom is -0.317 e. The third-order valence-electron chi connectivity index (χ3n) is 2.38. The molecule has 0 bridgehead atoms. The average Bonchev–Trinajstić information content (AvgIpc) is 2.27. The van der Waals surface area contributed by atoms with Gasteiger partial charge >= 0.3 is 0 Å². The molecule has 0 aliphatic carbocycles. The van der Waals surface area contributed by atoms with Crippen molar-refractivity contribution in [3.05, 3.63) is 35.4 Å². The van der Waals surface area contributed by atoms with Crippen LogP contribution in [0.1, 0.15) is 38.8 Å². The second kappa shape index (κ2) is 6.47. The van der Waals surface area contributed by atoms with Gasteiger partial charge in [-0.25, -0.2) is 0 Å². The quantitative estimate of drug-likeness (QED) is 0.617. The summed E-state index contributed by atoms with van der Waals surface area (Å²) in [5, 5.41) is 3.33. The molecular weight excluding hydrogens is 206 g/mol. The Balaban J connectivity index is 2.58. The standard InChI is InChI=1S/C16H23N/c1-5-17-13-11-15-8-6-14(7-9-15)10-12-16(2,3)4/h6-9,17H,5,11,13H2,1-4H3. The van der Waals surface area contributed by atoms with E-state index in [4.69, 9.17) is 0 Å². The Morgan fingerprint density at radius 2 is 1.76 bits per heavy atom. The van der Waals surface area contributed by atoms with Gasteiger partial charge < -0.3 is 5.32 Å². The van der Waals surface area contributed by atoms with Gasteiger partial charge in [-0.05, 0) is 58.0 Å². The summed E-state index contributed by atoms with van der Waals surface area (Å²) in [6.45, 7) is 10.6. The van der Waals surface area contributed by atoms with Gasteiger partial charge in [0.2, 0.25) is 0 Å². The summed E-state index contributed by atoms with van der Waals surface area (Å²) in [6, 6.07) is 8.56. The normalized spacial score (nSPS) is 10.8. The van der Waals surface area contributed by atoms with Crippen LogP contribution in [0.4, 0.5) is 0 Å². The van der Waals surface area contributed by atoms with E-state index in [0.29, 0.717) is 0 Å². The predicted molar refractivity (Wildman–Crippen MR) is 75.0 cm³/mol. The van der Waals surface area contributed by atoms with E-state index >= 15 is 0 Å². The first kappa shape index (κ1) is 13.8. The van der Waals surface area contributed by atoms with Crippen LogP contribution >= 0.6 is 0 Å². The molecule has 0 amide bonds. The van der Waals surface area contributed by atoms with E-state index in [1.165, 1.54) is 5.56 Å². The lowest BCUT2D eigenvalue weighted by Crippen LogP contribution is -2.15. The Morgan fingerprint density at radius 3 is 2.29 bits per heavy atom. The smallest absolute Gasteiger partial charge is 0.0245 e. The zero-order valence-electron chi connectivity index (χ0n) is 11.4. The van der Waals surface area contributed by atoms with Gasteiger partial charge in [-0.3, -0.25) is 0 Å². The van der Waals surface area contributed by atoms with Gasteiger partial charge in [0.05, 0.1) is 0 Å². The zero-order valence-corrected chi connectivity index (χ0v) is 11.4. The summed E-state index contributed by atoms with van der Waals surface area (Å²) in [6.07, 6.45) is 1.08. The van der Waals surface area contributed by atoms with Crippen LogP contribution in [0.5, 0.6) is 0 Å². The third kappa shape index (κ3) is 6.14. The van der Waals surface area contributed by atoms with E-state index < -0.39 is 0 Å². The number of benzene rings is 1. The number of hydrogen-bond donors (Lipinski definition) is 1. The molecule has 1 heteroatoms. The van der Waals surface area contributed by atoms with Crippen molar-refractivity contribution in [2.75, 3.05) is 13.1 Å². The van der Waals surface area contributed by atoms with E-state index in [0.717, 1.165) is 25.1 Å². The number of rotatable bonds is 4. The molecule has 0 aromatic heterocycles. The van der Waals surface area contributed by atoms with Crippen LogP contribution in [0.2, 0.25) is 0 Å². The van der Waals surface area contributed by atoms with E-state index in [9.17, 15) is 0 Å². The Bertz CT molecular complexity index is 384. The molecule has 0 spiro atoms. The fourth-order valence-electron chi connectivity index (χ4n) is 1.42. The van der Waals surface area contributed by atoms with Crippen LogP contribution in [-0.2, 0) is 6.42 Å². The molecule has 0 fully saturated rings. The third-order valence-corrected chi connectivity index (χ3v) is 2.38. The molecule has 0 saturated carbocycles. The highest BCUT2D eigenvalue weighted by atomic mass is 14.8. The van der Waals surface area contributed by atoms with Crippen LogP contribution in [0.15, 0.2) is 24.3 Å². The Hall–Kier alpha value is -1.26. The lowest BCUT2D eigenvalue weighted by atomic mass is 9.97. The molecule has 0 aliphatic heterocycles. The van der Waals surface area contributed by atoms with E-state index in [-0.39, 0.29) is 5.41 Å². The summed E-state index contributed by atoms with van der Waals surface area (Å²) in [5.74, 6) is 6.46. The molecule has 1 rings (SSSR count). The summed E-state index contributed by atoms with van der Waals surface area (Å²) >= 11 is 0. The maximum Gasteiger partial charge on any atom is 0.0245 e. The number of nitrogens with one attached hydrogen (secondary N) is 1. The molecule has 17 heavy (non-hydrogen) atoms. The monoisotopic (exact) mass is 229 g/mol. The Kier molecular flexibility index (Phi) is 5.25. The van der Waals surface area contributed by atoms with E-state index in [2.05, 4.69) is 69.1 Å². The molecule has 1 aromatic carbocycles. The van der Waals surface area contributed by atoms with Crippen molar-refractivity contribution in [1.29, 1.82) is 0 Å². The van der Waals surface area contributed by atoms with Crippen molar-refractivity contribution >= 4 is 0 Å². The van der Waals surface area contributed by atoms with Crippen LogP contribution in [0.3, 0.4) is 0 Å². The minimum atomic E-state index is 0.0731. The molecule has 1 aromatic rings. The van der Waals surface area contributed by atoms with Crippen molar-refractivity contribution in [2.45, 2.75) is 34.1 Å². The largest absolute Gasteiger partial charge is 0.317 e. The minimum absolute atomic E-state index is 0.0731. The zero-order chi connectivity index (χ0) is 12.7. The van der Waals surface area contributed by atoms with Crippen molar-refractivity contribution < 1.29 is 0 Å². The van der Waals surface area contributed by atoms with Crippen LogP contribution < -0.4 is 5.32 Å². The first-order valence-electron chi connectivity index (χ1n) is 6.34. The van der Waals surface area contributed by atoms with Gasteiger partial charge in [-0.2, -0.15) is 0 Å². The second-order valence-electron chi connectivity index (χ2n) is 5.30. The number of hydrogen-bond acceptors (Lipinski definition) is 1. The Labute approximate surface area is 106 Å². The Morgan fingerprint density at radius 1 is 1.12 bits per heavy atom. The topological polar surface area (TPSA) is 12.0 Å².